The zero-order valence-corrected chi connectivity index (χ0v) is 14.8. The number of hydrogen-bond donors (Lipinski definition) is 2. The van der Waals surface area contributed by atoms with E-state index in [2.05, 4.69) is 29.4 Å². The summed E-state index contributed by atoms with van der Waals surface area (Å²) in [6, 6.07) is 9.26. The molecular formula is C18H16F3N3OS. The first kappa shape index (κ1) is 18.3. The molecule has 0 fully saturated rings. The minimum atomic E-state index is -1.58. The van der Waals surface area contributed by atoms with Crippen molar-refractivity contribution in [3.63, 3.8) is 0 Å². The van der Waals surface area contributed by atoms with Gasteiger partial charge in [0.05, 0.1) is 0 Å². The van der Waals surface area contributed by atoms with E-state index in [9.17, 15) is 18.3 Å². The Hall–Kier alpha value is -2.45. The third-order valence-corrected chi connectivity index (χ3v) is 4.69. The van der Waals surface area contributed by atoms with Crippen LogP contribution in [-0.4, -0.2) is 15.3 Å². The Morgan fingerprint density at radius 3 is 2.35 bits per heavy atom. The number of nitrogens with zero attached hydrogens (tertiary/aromatic N) is 2. The fourth-order valence-corrected chi connectivity index (χ4v) is 3.15. The predicted molar refractivity (Wildman–Crippen MR) is 94.1 cm³/mol. The SMILES string of the molecule is CC(C)c1cccc(Nc2nnc(C(O)c3cc(F)c(F)c(F)c3)s2)c1. The number of anilines is 2. The Morgan fingerprint density at radius 1 is 1.00 bits per heavy atom. The number of halogens is 3. The molecule has 0 aliphatic carbocycles. The molecule has 1 heterocycles. The largest absolute Gasteiger partial charge is 0.381 e. The van der Waals surface area contributed by atoms with E-state index in [1.165, 1.54) is 0 Å². The maximum atomic E-state index is 13.3. The molecule has 3 rings (SSSR count). The van der Waals surface area contributed by atoms with E-state index in [0.29, 0.717) is 11.0 Å². The fraction of sp³-hybridized carbons (Fsp3) is 0.222. The van der Waals surface area contributed by atoms with E-state index in [4.69, 9.17) is 0 Å². The van der Waals surface area contributed by atoms with Crippen LogP contribution in [0.5, 0.6) is 0 Å². The molecule has 1 atom stereocenters. The average molecular weight is 379 g/mol. The molecule has 0 aliphatic heterocycles. The normalized spacial score (nSPS) is 12.4. The first-order valence-electron chi connectivity index (χ1n) is 7.88. The summed E-state index contributed by atoms with van der Waals surface area (Å²) in [5.74, 6) is -3.95. The van der Waals surface area contributed by atoms with E-state index in [-0.39, 0.29) is 10.6 Å². The first-order valence-corrected chi connectivity index (χ1v) is 8.69. The van der Waals surface area contributed by atoms with Crippen LogP contribution in [0.2, 0.25) is 0 Å². The molecule has 0 aliphatic rings. The van der Waals surface area contributed by atoms with Gasteiger partial charge < -0.3 is 10.4 Å². The molecule has 0 saturated heterocycles. The van der Waals surface area contributed by atoms with Gasteiger partial charge in [0, 0.05) is 5.69 Å². The monoisotopic (exact) mass is 379 g/mol. The van der Waals surface area contributed by atoms with Crippen LogP contribution in [0.1, 0.15) is 42.0 Å². The molecule has 0 amide bonds. The standard InChI is InChI=1S/C18H16F3N3OS/c1-9(2)10-4-3-5-12(6-10)22-18-24-23-17(26-18)16(25)11-7-13(19)15(21)14(20)8-11/h3-9,16,25H,1-2H3,(H,22,24). The van der Waals surface area contributed by atoms with Gasteiger partial charge in [-0.05, 0) is 41.3 Å². The van der Waals surface area contributed by atoms with Gasteiger partial charge in [0.15, 0.2) is 22.5 Å². The quantitative estimate of drug-likeness (QED) is 0.619. The van der Waals surface area contributed by atoms with Crippen molar-refractivity contribution >= 4 is 22.2 Å². The van der Waals surface area contributed by atoms with Crippen molar-refractivity contribution in [2.75, 3.05) is 5.32 Å². The number of nitrogens with one attached hydrogen (secondary N) is 1. The number of rotatable bonds is 5. The Morgan fingerprint density at radius 2 is 1.69 bits per heavy atom. The first-order chi connectivity index (χ1) is 12.3. The zero-order valence-electron chi connectivity index (χ0n) is 14.0. The zero-order chi connectivity index (χ0) is 18.8. The van der Waals surface area contributed by atoms with E-state index in [1.807, 2.05) is 24.3 Å². The summed E-state index contributed by atoms with van der Waals surface area (Å²) in [7, 11) is 0. The fourth-order valence-electron chi connectivity index (χ4n) is 2.37. The van der Waals surface area contributed by atoms with Crippen molar-refractivity contribution in [2.45, 2.75) is 25.9 Å². The Labute approximate surface area is 152 Å². The van der Waals surface area contributed by atoms with Gasteiger partial charge in [0.2, 0.25) is 5.13 Å². The molecule has 136 valence electrons. The van der Waals surface area contributed by atoms with Crippen molar-refractivity contribution in [3.8, 4) is 0 Å². The molecule has 26 heavy (non-hydrogen) atoms. The molecule has 8 heteroatoms. The number of aliphatic hydroxyl groups is 1. The molecule has 3 aromatic rings. The highest BCUT2D eigenvalue weighted by atomic mass is 32.1. The van der Waals surface area contributed by atoms with E-state index in [1.54, 1.807) is 0 Å². The predicted octanol–water partition coefficient (Wildman–Crippen LogP) is 4.90. The summed E-state index contributed by atoms with van der Waals surface area (Å²) < 4.78 is 39.7. The van der Waals surface area contributed by atoms with Crippen molar-refractivity contribution in [1.29, 1.82) is 0 Å². The molecule has 2 N–H and O–H groups in total. The number of aliphatic hydroxyl groups excluding tert-OH is 1. The van der Waals surface area contributed by atoms with Crippen molar-refractivity contribution in [2.24, 2.45) is 0 Å². The second kappa shape index (κ2) is 7.43. The van der Waals surface area contributed by atoms with Gasteiger partial charge in [0.1, 0.15) is 6.10 Å². The second-order valence-electron chi connectivity index (χ2n) is 6.05. The number of hydrogen-bond acceptors (Lipinski definition) is 5. The highest BCUT2D eigenvalue weighted by molar-refractivity contribution is 7.15. The van der Waals surface area contributed by atoms with Crippen molar-refractivity contribution in [1.82, 2.24) is 10.2 Å². The van der Waals surface area contributed by atoms with Crippen LogP contribution in [0.15, 0.2) is 36.4 Å². The van der Waals surface area contributed by atoms with Crippen LogP contribution in [0.4, 0.5) is 24.0 Å². The van der Waals surface area contributed by atoms with E-state index >= 15 is 0 Å². The topological polar surface area (TPSA) is 58.0 Å². The average Bonchev–Trinajstić information content (AvgIpc) is 3.07. The number of benzene rings is 2. The molecule has 4 nitrogen and oxygen atoms in total. The summed E-state index contributed by atoms with van der Waals surface area (Å²) >= 11 is 1.04. The Balaban J connectivity index is 1.80. The maximum Gasteiger partial charge on any atom is 0.210 e. The summed E-state index contributed by atoms with van der Waals surface area (Å²) in [6.07, 6.45) is -1.41. The van der Waals surface area contributed by atoms with Gasteiger partial charge in [0.25, 0.3) is 0 Å². The summed E-state index contributed by atoms with van der Waals surface area (Å²) in [5.41, 5.74) is 1.83. The van der Waals surface area contributed by atoms with Crippen LogP contribution in [0.3, 0.4) is 0 Å². The van der Waals surface area contributed by atoms with Gasteiger partial charge in [-0.15, -0.1) is 10.2 Å². The molecule has 0 spiro atoms. The van der Waals surface area contributed by atoms with Crippen LogP contribution in [0, 0.1) is 17.5 Å². The lowest BCUT2D eigenvalue weighted by Crippen LogP contribution is -2.02. The van der Waals surface area contributed by atoms with Crippen molar-refractivity contribution in [3.05, 3.63) is 70.0 Å². The van der Waals surface area contributed by atoms with E-state index < -0.39 is 23.6 Å². The number of aromatic nitrogens is 2. The molecule has 2 aromatic carbocycles. The molecular weight excluding hydrogens is 363 g/mol. The summed E-state index contributed by atoms with van der Waals surface area (Å²) in [4.78, 5) is 0. The van der Waals surface area contributed by atoms with Crippen LogP contribution < -0.4 is 5.32 Å². The lowest BCUT2D eigenvalue weighted by atomic mass is 10.0. The molecule has 1 unspecified atom stereocenters. The maximum absolute atomic E-state index is 13.3. The van der Waals surface area contributed by atoms with Gasteiger partial charge in [-0.2, -0.15) is 0 Å². The van der Waals surface area contributed by atoms with Crippen LogP contribution >= 0.6 is 11.3 Å². The van der Waals surface area contributed by atoms with Gasteiger partial charge in [-0.3, -0.25) is 0 Å². The van der Waals surface area contributed by atoms with E-state index in [0.717, 1.165) is 34.7 Å². The highest BCUT2D eigenvalue weighted by Gasteiger charge is 2.20. The summed E-state index contributed by atoms with van der Waals surface area (Å²) in [6.45, 7) is 4.17. The highest BCUT2D eigenvalue weighted by Crippen LogP contribution is 2.30. The molecule has 0 radical (unpaired) electrons. The minimum absolute atomic E-state index is 0.133. The molecule has 0 bridgehead atoms. The van der Waals surface area contributed by atoms with Crippen molar-refractivity contribution < 1.29 is 18.3 Å². The molecule has 0 saturated carbocycles. The third-order valence-electron chi connectivity index (χ3n) is 3.80. The Bertz CT molecular complexity index is 907. The third kappa shape index (κ3) is 3.86. The Kier molecular flexibility index (Phi) is 5.24. The lowest BCUT2D eigenvalue weighted by molar-refractivity contribution is 0.217. The van der Waals surface area contributed by atoms with Gasteiger partial charge in [-0.25, -0.2) is 13.2 Å². The second-order valence-corrected chi connectivity index (χ2v) is 7.06. The van der Waals surface area contributed by atoms with Crippen LogP contribution in [0.25, 0.3) is 0 Å². The summed E-state index contributed by atoms with van der Waals surface area (Å²) in [5, 5.41) is 21.7. The smallest absolute Gasteiger partial charge is 0.210 e. The van der Waals surface area contributed by atoms with Gasteiger partial charge >= 0.3 is 0 Å². The lowest BCUT2D eigenvalue weighted by Gasteiger charge is -2.09. The minimum Gasteiger partial charge on any atom is -0.381 e. The van der Waals surface area contributed by atoms with Gasteiger partial charge in [-0.1, -0.05) is 37.3 Å². The molecule has 1 aromatic heterocycles. The van der Waals surface area contributed by atoms with Crippen LogP contribution in [-0.2, 0) is 0 Å².